The highest BCUT2D eigenvalue weighted by atomic mass is 16.5. The van der Waals surface area contributed by atoms with Gasteiger partial charge in [-0.15, -0.1) is 0 Å². The number of aromatic nitrogens is 3. The largest absolute Gasteiger partial charge is 0.491 e. The molecule has 3 aromatic rings. The lowest BCUT2D eigenvalue weighted by atomic mass is 9.95. The quantitative estimate of drug-likeness (QED) is 0.269. The molecule has 2 fully saturated rings. The van der Waals surface area contributed by atoms with Crippen LogP contribution in [-0.2, 0) is 45.0 Å². The molecular weight excluding hydrogens is 739 g/mol. The number of carbonyl (C=O) groups excluding carboxylic acids is 5. The lowest BCUT2D eigenvalue weighted by Gasteiger charge is -2.33. The molecule has 4 aliphatic rings. The Morgan fingerprint density at radius 1 is 0.914 bits per heavy atom. The van der Waals surface area contributed by atoms with Crippen molar-refractivity contribution >= 4 is 29.7 Å². The van der Waals surface area contributed by atoms with Crippen LogP contribution in [0.2, 0.25) is 0 Å². The zero-order valence-corrected chi connectivity index (χ0v) is 34.4. The first-order chi connectivity index (χ1) is 27.8. The fourth-order valence-electron chi connectivity index (χ4n) is 7.59. The Morgan fingerprint density at radius 2 is 1.62 bits per heavy atom. The predicted molar refractivity (Wildman–Crippen MR) is 217 cm³/mol. The Morgan fingerprint density at radius 3 is 2.28 bits per heavy atom. The van der Waals surface area contributed by atoms with Crippen LogP contribution in [0.15, 0.2) is 54.6 Å². The monoisotopic (exact) mass is 797 g/mol. The van der Waals surface area contributed by atoms with Gasteiger partial charge in [0.2, 0.25) is 23.6 Å². The molecule has 4 heterocycles. The molecule has 2 bridgehead atoms. The zero-order valence-electron chi connectivity index (χ0n) is 34.4. The number of amides is 6. The summed E-state index contributed by atoms with van der Waals surface area (Å²) in [5.74, 6) is 0.605. The van der Waals surface area contributed by atoms with E-state index in [0.717, 1.165) is 24.0 Å². The van der Waals surface area contributed by atoms with Crippen molar-refractivity contribution in [1.29, 1.82) is 0 Å². The molecule has 7 rings (SSSR count). The first-order valence-electron chi connectivity index (χ1n) is 20.7. The standard InChI is InChI=1S/C43H59N9O6/c1-27(2)21-33-26-58-34-15-13-30(14-16-34)23-36(47-41(55)32-17-19-51(20-18-32)43(57)50(4)5)42(56)44-28(3)40(54)46-35(22-29-9-7-6-8-10-29)39-48-37(24-31-11-12-31)49-52(39)25-38(53)45-33/h6-10,13-16,27-28,31-33,35-36H,11-12,17-26H2,1-5H3,(H,44,56)(H,45,53)(H,46,54)(H,47,55)/t28-,33+,35-,36+/m1/s1. The van der Waals surface area contributed by atoms with Crippen LogP contribution in [0, 0.1) is 17.8 Å². The number of piperidine rings is 1. The zero-order chi connectivity index (χ0) is 41.3. The highest BCUT2D eigenvalue weighted by Gasteiger charge is 2.33. The summed E-state index contributed by atoms with van der Waals surface area (Å²) in [6.45, 7) is 6.80. The summed E-state index contributed by atoms with van der Waals surface area (Å²) in [7, 11) is 3.40. The third-order valence-electron chi connectivity index (χ3n) is 11.0. The number of rotatable bonds is 8. The smallest absolute Gasteiger partial charge is 0.319 e. The molecule has 58 heavy (non-hydrogen) atoms. The Balaban J connectivity index is 1.28. The Hall–Kier alpha value is -5.47. The summed E-state index contributed by atoms with van der Waals surface area (Å²) >= 11 is 0. The summed E-state index contributed by atoms with van der Waals surface area (Å²) in [6, 6.07) is 14.0. The molecular formula is C43H59N9O6. The van der Waals surface area contributed by atoms with E-state index in [2.05, 4.69) is 35.1 Å². The minimum absolute atomic E-state index is 0.0990. The SMILES string of the molecule is CC(C)C[C@H]1COc2ccc(cc2)C[C@H](NC(=O)C2CCN(C(=O)N(C)C)CC2)C(=O)N[C@H](C)C(=O)N[C@H](Cc2ccccc2)c2nc(CC3CC3)nn2CC(=O)N1. The second kappa shape index (κ2) is 19.3. The maximum Gasteiger partial charge on any atom is 0.319 e. The van der Waals surface area contributed by atoms with E-state index in [1.165, 1.54) is 4.90 Å². The number of hydrogen-bond donors (Lipinski definition) is 4. The van der Waals surface area contributed by atoms with Crippen molar-refractivity contribution in [2.75, 3.05) is 33.8 Å². The van der Waals surface area contributed by atoms with Crippen molar-refractivity contribution in [1.82, 2.24) is 45.8 Å². The van der Waals surface area contributed by atoms with E-state index >= 15 is 0 Å². The Kier molecular flexibility index (Phi) is 14.0. The summed E-state index contributed by atoms with van der Waals surface area (Å²) in [6.07, 6.45) is 5.05. The van der Waals surface area contributed by atoms with Crippen LogP contribution in [0.1, 0.15) is 81.7 Å². The number of urea groups is 1. The van der Waals surface area contributed by atoms with Crippen molar-refractivity contribution in [3.05, 3.63) is 77.4 Å². The number of carbonyl (C=O) groups is 5. The minimum atomic E-state index is -0.991. The summed E-state index contributed by atoms with van der Waals surface area (Å²) < 4.78 is 7.79. The van der Waals surface area contributed by atoms with Crippen LogP contribution in [0.5, 0.6) is 5.75 Å². The summed E-state index contributed by atoms with van der Waals surface area (Å²) in [4.78, 5) is 76.2. The first kappa shape index (κ1) is 42.1. The van der Waals surface area contributed by atoms with E-state index in [1.807, 2.05) is 54.6 Å². The van der Waals surface area contributed by atoms with Gasteiger partial charge in [-0.1, -0.05) is 56.3 Å². The molecule has 4 atom stereocenters. The van der Waals surface area contributed by atoms with E-state index in [1.54, 1.807) is 30.6 Å². The number of fused-ring (bicyclic) bond motifs is 14. The van der Waals surface area contributed by atoms with E-state index in [-0.39, 0.29) is 55.3 Å². The molecule has 3 aliphatic heterocycles. The predicted octanol–water partition coefficient (Wildman–Crippen LogP) is 3.18. The van der Waals surface area contributed by atoms with Gasteiger partial charge in [0, 0.05) is 45.9 Å². The van der Waals surface area contributed by atoms with Gasteiger partial charge in [-0.3, -0.25) is 19.2 Å². The van der Waals surface area contributed by atoms with E-state index < -0.39 is 29.9 Å². The van der Waals surface area contributed by atoms with Crippen LogP contribution in [-0.4, -0.2) is 106 Å². The normalized spacial score (nSPS) is 22.6. The van der Waals surface area contributed by atoms with Crippen molar-refractivity contribution in [3.8, 4) is 5.75 Å². The van der Waals surface area contributed by atoms with Crippen LogP contribution >= 0.6 is 0 Å². The fraction of sp³-hybridized carbons (Fsp3) is 0.558. The lowest BCUT2D eigenvalue weighted by Crippen LogP contribution is -2.55. The topological polar surface area (TPSA) is 180 Å². The van der Waals surface area contributed by atoms with Gasteiger partial charge in [0.15, 0.2) is 11.6 Å². The average Bonchev–Trinajstić information content (AvgIpc) is 3.93. The lowest BCUT2D eigenvalue weighted by molar-refractivity contribution is -0.133. The van der Waals surface area contributed by atoms with Gasteiger partial charge < -0.3 is 35.8 Å². The third kappa shape index (κ3) is 11.8. The van der Waals surface area contributed by atoms with E-state index in [0.29, 0.717) is 68.5 Å². The molecule has 15 nitrogen and oxygen atoms in total. The van der Waals surface area contributed by atoms with Crippen molar-refractivity contribution in [2.24, 2.45) is 17.8 Å². The molecule has 0 unspecified atom stereocenters. The van der Waals surface area contributed by atoms with Gasteiger partial charge in [-0.05, 0) is 80.5 Å². The Bertz CT molecular complexity index is 1890. The highest BCUT2D eigenvalue weighted by Crippen LogP contribution is 2.32. The van der Waals surface area contributed by atoms with Gasteiger partial charge in [-0.25, -0.2) is 14.5 Å². The van der Waals surface area contributed by atoms with Gasteiger partial charge >= 0.3 is 6.03 Å². The molecule has 1 aromatic heterocycles. The average molecular weight is 798 g/mol. The van der Waals surface area contributed by atoms with Gasteiger partial charge in [0.05, 0.1) is 12.1 Å². The second-order valence-electron chi connectivity index (χ2n) is 16.7. The Labute approximate surface area is 341 Å². The number of likely N-dealkylation sites (tertiary alicyclic amines) is 1. The van der Waals surface area contributed by atoms with Crippen LogP contribution in [0.4, 0.5) is 4.79 Å². The maximum absolute atomic E-state index is 14.1. The second-order valence-corrected chi connectivity index (χ2v) is 16.7. The molecule has 15 heteroatoms. The molecule has 1 saturated heterocycles. The van der Waals surface area contributed by atoms with Crippen LogP contribution in [0.25, 0.3) is 0 Å². The molecule has 0 radical (unpaired) electrons. The number of nitrogens with one attached hydrogen (secondary N) is 4. The van der Waals surface area contributed by atoms with Crippen molar-refractivity contribution in [3.63, 3.8) is 0 Å². The van der Waals surface area contributed by atoms with Crippen molar-refractivity contribution < 1.29 is 28.7 Å². The molecule has 4 N–H and O–H groups in total. The first-order valence-corrected chi connectivity index (χ1v) is 20.7. The highest BCUT2D eigenvalue weighted by molar-refractivity contribution is 5.92. The summed E-state index contributed by atoms with van der Waals surface area (Å²) in [5, 5.41) is 16.9. The number of hydrogen-bond acceptors (Lipinski definition) is 8. The molecule has 0 spiro atoms. The van der Waals surface area contributed by atoms with E-state index in [4.69, 9.17) is 14.8 Å². The molecule has 6 amide bonds. The number of ether oxygens (including phenoxy) is 1. The van der Waals surface area contributed by atoms with Gasteiger partial charge in [-0.2, -0.15) is 5.10 Å². The number of benzene rings is 2. The fourth-order valence-corrected chi connectivity index (χ4v) is 7.59. The van der Waals surface area contributed by atoms with Gasteiger partial charge in [0.25, 0.3) is 0 Å². The molecule has 1 aliphatic carbocycles. The van der Waals surface area contributed by atoms with Crippen molar-refractivity contribution in [2.45, 2.75) is 103 Å². The van der Waals surface area contributed by atoms with Crippen LogP contribution < -0.4 is 26.0 Å². The minimum Gasteiger partial charge on any atom is -0.491 e. The maximum atomic E-state index is 14.1. The third-order valence-corrected chi connectivity index (χ3v) is 11.0. The molecule has 1 saturated carbocycles. The van der Waals surface area contributed by atoms with E-state index in [9.17, 15) is 24.0 Å². The summed E-state index contributed by atoms with van der Waals surface area (Å²) in [5.41, 5.74) is 1.73. The number of nitrogens with zero attached hydrogens (tertiary/aromatic N) is 5. The molecule has 312 valence electrons. The van der Waals surface area contributed by atoms with Crippen LogP contribution in [0.3, 0.4) is 0 Å². The molecule has 2 aromatic carbocycles. The van der Waals surface area contributed by atoms with Gasteiger partial charge in [0.1, 0.15) is 31.0 Å².